The number of benzene rings is 2. The lowest BCUT2D eigenvalue weighted by Gasteiger charge is -2.06. The summed E-state index contributed by atoms with van der Waals surface area (Å²) in [6.07, 6.45) is 2.09. The van der Waals surface area contributed by atoms with Crippen LogP contribution in [-0.4, -0.2) is 6.54 Å². The van der Waals surface area contributed by atoms with E-state index in [1.54, 1.807) is 6.07 Å². The van der Waals surface area contributed by atoms with Crippen molar-refractivity contribution in [3.63, 3.8) is 0 Å². The molecule has 0 heterocycles. The third-order valence-electron chi connectivity index (χ3n) is 2.64. The Kier molecular flexibility index (Phi) is 4.14. The average molecular weight is 229 g/mol. The molecular weight excluding hydrogens is 213 g/mol. The largest absolute Gasteiger partial charge is 0.385 e. The van der Waals surface area contributed by atoms with Gasteiger partial charge >= 0.3 is 0 Å². The summed E-state index contributed by atoms with van der Waals surface area (Å²) in [4.78, 5) is 0. The van der Waals surface area contributed by atoms with Crippen molar-refractivity contribution in [2.45, 2.75) is 12.8 Å². The van der Waals surface area contributed by atoms with Gasteiger partial charge < -0.3 is 5.32 Å². The van der Waals surface area contributed by atoms with Crippen LogP contribution >= 0.6 is 0 Å². The van der Waals surface area contributed by atoms with Crippen molar-refractivity contribution in [2.75, 3.05) is 11.9 Å². The van der Waals surface area contributed by atoms with Crippen molar-refractivity contribution < 1.29 is 4.39 Å². The highest BCUT2D eigenvalue weighted by Gasteiger charge is 1.95. The number of aryl methyl sites for hydroxylation is 1. The summed E-state index contributed by atoms with van der Waals surface area (Å²) in [5, 5.41) is 3.22. The van der Waals surface area contributed by atoms with Crippen LogP contribution in [0.1, 0.15) is 12.0 Å². The monoisotopic (exact) mass is 229 g/mol. The van der Waals surface area contributed by atoms with E-state index in [0.29, 0.717) is 0 Å². The van der Waals surface area contributed by atoms with Crippen LogP contribution in [0.5, 0.6) is 0 Å². The maximum atomic E-state index is 12.9. The van der Waals surface area contributed by atoms with Crippen molar-refractivity contribution in [2.24, 2.45) is 0 Å². The molecule has 0 saturated heterocycles. The van der Waals surface area contributed by atoms with E-state index in [1.807, 2.05) is 12.1 Å². The minimum absolute atomic E-state index is 0.196. The van der Waals surface area contributed by atoms with E-state index in [2.05, 4.69) is 29.6 Å². The van der Waals surface area contributed by atoms with Gasteiger partial charge in [0.25, 0.3) is 0 Å². The Bertz CT molecular complexity index is 453. The fourth-order valence-electron chi connectivity index (χ4n) is 1.77. The minimum atomic E-state index is -0.196. The Morgan fingerprint density at radius 3 is 2.53 bits per heavy atom. The standard InChI is InChI=1S/C15H16FN/c16-14-9-4-10-15(12-14)17-11-5-8-13-6-2-1-3-7-13/h1-4,6-7,9-10,12,17H,5,8,11H2. The second-order valence-corrected chi connectivity index (χ2v) is 4.03. The molecular formula is C15H16FN. The molecule has 0 saturated carbocycles. The van der Waals surface area contributed by atoms with E-state index < -0.39 is 0 Å². The zero-order chi connectivity index (χ0) is 11.9. The number of anilines is 1. The molecule has 1 N–H and O–H groups in total. The first-order chi connectivity index (χ1) is 8.34. The van der Waals surface area contributed by atoms with Crippen LogP contribution in [0.25, 0.3) is 0 Å². The predicted molar refractivity (Wildman–Crippen MR) is 69.7 cm³/mol. The predicted octanol–water partition coefficient (Wildman–Crippen LogP) is 3.87. The summed E-state index contributed by atoms with van der Waals surface area (Å²) in [6.45, 7) is 0.859. The first-order valence-electron chi connectivity index (χ1n) is 5.88. The maximum absolute atomic E-state index is 12.9. The quantitative estimate of drug-likeness (QED) is 0.767. The van der Waals surface area contributed by atoms with Crippen LogP contribution in [0.4, 0.5) is 10.1 Å². The Hall–Kier alpha value is -1.83. The highest BCUT2D eigenvalue weighted by molar-refractivity contribution is 5.42. The number of hydrogen-bond donors (Lipinski definition) is 1. The first kappa shape index (κ1) is 11.6. The molecule has 0 amide bonds. The fraction of sp³-hybridized carbons (Fsp3) is 0.200. The number of halogens is 1. The Morgan fingerprint density at radius 2 is 1.76 bits per heavy atom. The average Bonchev–Trinajstić information content (AvgIpc) is 2.36. The van der Waals surface area contributed by atoms with E-state index in [0.717, 1.165) is 25.1 Å². The molecule has 1 nitrogen and oxygen atoms in total. The Labute approximate surface area is 101 Å². The van der Waals surface area contributed by atoms with E-state index in [4.69, 9.17) is 0 Å². The molecule has 0 spiro atoms. The SMILES string of the molecule is Fc1cccc(NCCCc2ccccc2)c1. The maximum Gasteiger partial charge on any atom is 0.125 e. The lowest BCUT2D eigenvalue weighted by Crippen LogP contribution is -2.03. The van der Waals surface area contributed by atoms with Crippen LogP contribution in [0.3, 0.4) is 0 Å². The molecule has 0 aliphatic carbocycles. The minimum Gasteiger partial charge on any atom is -0.385 e. The van der Waals surface area contributed by atoms with Crippen molar-refractivity contribution >= 4 is 5.69 Å². The van der Waals surface area contributed by atoms with Crippen molar-refractivity contribution in [3.05, 3.63) is 66.0 Å². The molecule has 0 aliphatic heterocycles. The molecule has 0 bridgehead atoms. The molecule has 0 fully saturated rings. The highest BCUT2D eigenvalue weighted by Crippen LogP contribution is 2.09. The molecule has 0 unspecified atom stereocenters. The second kappa shape index (κ2) is 6.04. The van der Waals surface area contributed by atoms with Gasteiger partial charge in [-0.05, 0) is 36.6 Å². The van der Waals surface area contributed by atoms with E-state index >= 15 is 0 Å². The van der Waals surface area contributed by atoms with Crippen LogP contribution in [0.2, 0.25) is 0 Å². The molecule has 0 aromatic heterocycles. The van der Waals surface area contributed by atoms with Crippen molar-refractivity contribution in [1.29, 1.82) is 0 Å². The Balaban J connectivity index is 1.73. The van der Waals surface area contributed by atoms with Crippen molar-refractivity contribution in [3.8, 4) is 0 Å². The summed E-state index contributed by atoms with van der Waals surface area (Å²) < 4.78 is 12.9. The highest BCUT2D eigenvalue weighted by atomic mass is 19.1. The molecule has 0 aliphatic rings. The fourth-order valence-corrected chi connectivity index (χ4v) is 1.77. The molecule has 2 aromatic carbocycles. The van der Waals surface area contributed by atoms with Crippen LogP contribution in [0.15, 0.2) is 54.6 Å². The zero-order valence-corrected chi connectivity index (χ0v) is 9.70. The normalized spacial score (nSPS) is 10.2. The van der Waals surface area contributed by atoms with Gasteiger partial charge in [-0.1, -0.05) is 36.4 Å². The molecule has 2 heteroatoms. The van der Waals surface area contributed by atoms with Crippen LogP contribution in [-0.2, 0) is 6.42 Å². The lowest BCUT2D eigenvalue weighted by atomic mass is 10.1. The van der Waals surface area contributed by atoms with Gasteiger partial charge in [0.05, 0.1) is 0 Å². The smallest absolute Gasteiger partial charge is 0.125 e. The summed E-state index contributed by atoms with van der Waals surface area (Å²) in [5.41, 5.74) is 2.19. The van der Waals surface area contributed by atoms with Gasteiger partial charge in [-0.2, -0.15) is 0 Å². The van der Waals surface area contributed by atoms with Gasteiger partial charge in [0.1, 0.15) is 5.82 Å². The third-order valence-corrected chi connectivity index (χ3v) is 2.64. The molecule has 0 atom stereocenters. The van der Waals surface area contributed by atoms with Crippen LogP contribution < -0.4 is 5.32 Å². The van der Waals surface area contributed by atoms with E-state index in [-0.39, 0.29) is 5.82 Å². The van der Waals surface area contributed by atoms with Gasteiger partial charge in [0, 0.05) is 12.2 Å². The third kappa shape index (κ3) is 3.91. The summed E-state index contributed by atoms with van der Waals surface area (Å²) >= 11 is 0. The van der Waals surface area contributed by atoms with Gasteiger partial charge in [0.2, 0.25) is 0 Å². The first-order valence-corrected chi connectivity index (χ1v) is 5.88. The summed E-state index contributed by atoms with van der Waals surface area (Å²) in [6, 6.07) is 16.9. The molecule has 2 aromatic rings. The van der Waals surface area contributed by atoms with Crippen LogP contribution in [0, 0.1) is 5.82 Å². The number of hydrogen-bond acceptors (Lipinski definition) is 1. The van der Waals surface area contributed by atoms with E-state index in [1.165, 1.54) is 17.7 Å². The van der Waals surface area contributed by atoms with Gasteiger partial charge in [-0.25, -0.2) is 4.39 Å². The topological polar surface area (TPSA) is 12.0 Å². The number of rotatable bonds is 5. The molecule has 88 valence electrons. The molecule has 2 rings (SSSR count). The van der Waals surface area contributed by atoms with Gasteiger partial charge in [0.15, 0.2) is 0 Å². The zero-order valence-electron chi connectivity index (χ0n) is 9.70. The van der Waals surface area contributed by atoms with Crippen molar-refractivity contribution in [1.82, 2.24) is 0 Å². The lowest BCUT2D eigenvalue weighted by molar-refractivity contribution is 0.628. The molecule has 0 radical (unpaired) electrons. The molecule has 17 heavy (non-hydrogen) atoms. The Morgan fingerprint density at radius 1 is 0.941 bits per heavy atom. The second-order valence-electron chi connectivity index (χ2n) is 4.03. The van der Waals surface area contributed by atoms with Gasteiger partial charge in [-0.15, -0.1) is 0 Å². The summed E-state index contributed by atoms with van der Waals surface area (Å²) in [5.74, 6) is -0.196. The number of nitrogens with one attached hydrogen (secondary N) is 1. The summed E-state index contributed by atoms with van der Waals surface area (Å²) in [7, 11) is 0. The van der Waals surface area contributed by atoms with Gasteiger partial charge in [-0.3, -0.25) is 0 Å². The van der Waals surface area contributed by atoms with E-state index in [9.17, 15) is 4.39 Å².